The average molecular weight is 511 g/mol. The third-order valence-electron chi connectivity index (χ3n) is 7.22. The number of likely N-dealkylation sites (N-methyl/N-ethyl adjacent to an activating group) is 1. The van der Waals surface area contributed by atoms with Crippen LogP contribution in [0, 0.1) is 5.92 Å². The largest absolute Gasteiger partial charge is 0.493 e. The molecule has 194 valence electrons. The molecule has 8 heteroatoms. The molecule has 1 fully saturated rings. The first-order valence-corrected chi connectivity index (χ1v) is 13.7. The van der Waals surface area contributed by atoms with E-state index in [9.17, 15) is 9.59 Å². The number of benzene rings is 2. The summed E-state index contributed by atoms with van der Waals surface area (Å²) in [5.74, 6) is 0.955. The van der Waals surface area contributed by atoms with Gasteiger partial charge in [-0.3, -0.25) is 9.69 Å². The molecule has 7 nitrogen and oxygen atoms in total. The van der Waals surface area contributed by atoms with Crippen LogP contribution in [0.25, 0.3) is 0 Å². The number of carbonyl (C=O) groups excluding carboxylic acids is 2. The van der Waals surface area contributed by atoms with Crippen LogP contribution < -0.4 is 15.0 Å². The molecule has 2 aliphatic heterocycles. The lowest BCUT2D eigenvalue weighted by Crippen LogP contribution is -2.51. The summed E-state index contributed by atoms with van der Waals surface area (Å²) in [5, 5.41) is 2.70. The molecule has 2 aromatic carbocycles. The van der Waals surface area contributed by atoms with Crippen LogP contribution in [0.2, 0.25) is 0 Å². The van der Waals surface area contributed by atoms with Crippen molar-refractivity contribution in [3.8, 4) is 5.75 Å². The minimum absolute atomic E-state index is 0.00479. The summed E-state index contributed by atoms with van der Waals surface area (Å²) in [7, 11) is 3.55. The van der Waals surface area contributed by atoms with Crippen LogP contribution in [0.5, 0.6) is 5.75 Å². The Kier molecular flexibility index (Phi) is 8.46. The van der Waals surface area contributed by atoms with Crippen LogP contribution in [0.1, 0.15) is 32.3 Å². The maximum absolute atomic E-state index is 13.9. The minimum Gasteiger partial charge on any atom is -0.493 e. The molecule has 0 aliphatic carbocycles. The normalized spacial score (nSPS) is 20.4. The standard InChI is InChI=1S/C28H38N4O3S/c1-21(2)28(26(33)30(4)23-12-6-8-14-25(23)36-28)22-11-5-7-13-24(22)35-20-10-9-15-31-16-18-32(19-17-31)27(34)29-3/h5-8,11-14,21H,9-10,15-20H2,1-4H3,(H,29,34). The fourth-order valence-corrected chi connectivity index (χ4v) is 6.64. The van der Waals surface area contributed by atoms with Gasteiger partial charge in [0.25, 0.3) is 0 Å². The maximum atomic E-state index is 13.9. The highest BCUT2D eigenvalue weighted by Gasteiger charge is 2.51. The number of nitrogens with zero attached hydrogens (tertiary/aromatic N) is 3. The summed E-state index contributed by atoms with van der Waals surface area (Å²) < 4.78 is 5.58. The second kappa shape index (κ2) is 11.6. The van der Waals surface area contributed by atoms with Crippen LogP contribution in [0.3, 0.4) is 0 Å². The smallest absolute Gasteiger partial charge is 0.317 e. The Labute approximate surface area is 219 Å². The molecule has 1 unspecified atom stereocenters. The maximum Gasteiger partial charge on any atom is 0.317 e. The molecule has 0 radical (unpaired) electrons. The molecule has 2 aromatic rings. The zero-order chi connectivity index (χ0) is 25.7. The van der Waals surface area contributed by atoms with Crippen molar-refractivity contribution in [3.05, 3.63) is 54.1 Å². The van der Waals surface area contributed by atoms with Gasteiger partial charge in [0.2, 0.25) is 5.91 Å². The number of unbranched alkanes of at least 4 members (excludes halogenated alkanes) is 1. The van der Waals surface area contributed by atoms with Crippen molar-refractivity contribution in [1.82, 2.24) is 15.1 Å². The fourth-order valence-electron chi connectivity index (χ4n) is 5.09. The zero-order valence-corrected chi connectivity index (χ0v) is 22.6. The number of urea groups is 1. The summed E-state index contributed by atoms with van der Waals surface area (Å²) in [6, 6.07) is 16.1. The lowest BCUT2D eigenvalue weighted by Gasteiger charge is -2.44. The van der Waals surface area contributed by atoms with E-state index in [1.807, 2.05) is 54.4 Å². The number of thioether (sulfide) groups is 1. The lowest BCUT2D eigenvalue weighted by molar-refractivity contribution is -0.122. The van der Waals surface area contributed by atoms with Crippen molar-refractivity contribution in [2.45, 2.75) is 36.3 Å². The summed E-state index contributed by atoms with van der Waals surface area (Å²) in [6.45, 7) is 9.19. The minimum atomic E-state index is -0.746. The number of piperazine rings is 1. The van der Waals surface area contributed by atoms with Gasteiger partial charge in [0.1, 0.15) is 10.5 Å². The van der Waals surface area contributed by atoms with Gasteiger partial charge in [0.15, 0.2) is 0 Å². The van der Waals surface area contributed by atoms with E-state index in [0.717, 1.165) is 67.5 Å². The second-order valence-corrected chi connectivity index (χ2v) is 11.0. The number of ether oxygens (including phenoxy) is 1. The van der Waals surface area contributed by atoms with Crippen molar-refractivity contribution in [3.63, 3.8) is 0 Å². The lowest BCUT2D eigenvalue weighted by atomic mass is 9.85. The highest BCUT2D eigenvalue weighted by molar-refractivity contribution is 8.01. The van der Waals surface area contributed by atoms with Crippen molar-refractivity contribution >= 4 is 29.4 Å². The Morgan fingerprint density at radius 1 is 1.06 bits per heavy atom. The number of para-hydroxylation sites is 2. The van der Waals surface area contributed by atoms with Gasteiger partial charge in [-0.25, -0.2) is 4.79 Å². The Balaban J connectivity index is 1.39. The van der Waals surface area contributed by atoms with Crippen LogP contribution >= 0.6 is 11.8 Å². The topological polar surface area (TPSA) is 65.1 Å². The Morgan fingerprint density at radius 3 is 2.47 bits per heavy atom. The van der Waals surface area contributed by atoms with E-state index < -0.39 is 4.75 Å². The third kappa shape index (κ3) is 5.20. The first-order valence-electron chi connectivity index (χ1n) is 12.9. The molecule has 1 saturated heterocycles. The number of nitrogens with one attached hydrogen (secondary N) is 1. The van der Waals surface area contributed by atoms with Crippen molar-refractivity contribution in [2.24, 2.45) is 5.92 Å². The van der Waals surface area contributed by atoms with Gasteiger partial charge in [-0.1, -0.05) is 44.2 Å². The summed E-state index contributed by atoms with van der Waals surface area (Å²) >= 11 is 1.65. The summed E-state index contributed by atoms with van der Waals surface area (Å²) in [4.78, 5) is 32.8. The van der Waals surface area contributed by atoms with Gasteiger partial charge >= 0.3 is 6.03 Å². The predicted molar refractivity (Wildman–Crippen MR) is 146 cm³/mol. The third-order valence-corrected chi connectivity index (χ3v) is 8.97. The highest BCUT2D eigenvalue weighted by Crippen LogP contribution is 2.56. The molecule has 1 N–H and O–H groups in total. The number of fused-ring (bicyclic) bond motifs is 1. The van der Waals surface area contributed by atoms with E-state index in [4.69, 9.17) is 4.74 Å². The number of rotatable bonds is 8. The molecule has 1 atom stereocenters. The predicted octanol–water partition coefficient (Wildman–Crippen LogP) is 4.42. The summed E-state index contributed by atoms with van der Waals surface area (Å²) in [5.41, 5.74) is 1.90. The first-order chi connectivity index (χ1) is 17.4. The number of amides is 3. The average Bonchev–Trinajstić information content (AvgIpc) is 2.90. The molecule has 2 aliphatic rings. The van der Waals surface area contributed by atoms with E-state index in [-0.39, 0.29) is 17.9 Å². The van der Waals surface area contributed by atoms with Gasteiger partial charge in [0, 0.05) is 50.7 Å². The molecule has 0 saturated carbocycles. The number of hydrogen-bond acceptors (Lipinski definition) is 5. The Bertz CT molecular complexity index is 1070. The van der Waals surface area contributed by atoms with Gasteiger partial charge in [-0.05, 0) is 43.5 Å². The monoisotopic (exact) mass is 510 g/mol. The molecule has 0 bridgehead atoms. The second-order valence-electron chi connectivity index (χ2n) is 9.76. The quantitative estimate of drug-likeness (QED) is 0.533. The highest BCUT2D eigenvalue weighted by atomic mass is 32.2. The van der Waals surface area contributed by atoms with E-state index in [1.54, 1.807) is 23.7 Å². The van der Waals surface area contributed by atoms with E-state index in [1.165, 1.54) is 0 Å². The van der Waals surface area contributed by atoms with Gasteiger partial charge in [-0.15, -0.1) is 11.8 Å². The molecule has 0 spiro atoms. The van der Waals surface area contributed by atoms with Crippen molar-refractivity contribution < 1.29 is 14.3 Å². The van der Waals surface area contributed by atoms with Crippen molar-refractivity contribution in [2.75, 3.05) is 58.3 Å². The molecule has 36 heavy (non-hydrogen) atoms. The molecule has 0 aromatic heterocycles. The SMILES string of the molecule is CNC(=O)N1CCN(CCCCOc2ccccc2C2(C(C)C)Sc3ccccc3N(C)C2=O)CC1. The molecular formula is C28H38N4O3S. The van der Waals surface area contributed by atoms with E-state index in [0.29, 0.717) is 6.61 Å². The van der Waals surface area contributed by atoms with Crippen LogP contribution in [-0.2, 0) is 9.54 Å². The zero-order valence-electron chi connectivity index (χ0n) is 21.8. The van der Waals surface area contributed by atoms with Crippen LogP contribution in [-0.4, -0.2) is 75.2 Å². The van der Waals surface area contributed by atoms with Crippen LogP contribution in [0.4, 0.5) is 10.5 Å². The van der Waals surface area contributed by atoms with Crippen LogP contribution in [0.15, 0.2) is 53.4 Å². The molecule has 4 rings (SSSR count). The molecule has 3 amide bonds. The van der Waals surface area contributed by atoms with Gasteiger partial charge in [-0.2, -0.15) is 0 Å². The number of hydrogen-bond donors (Lipinski definition) is 1. The Hall–Kier alpha value is -2.71. The number of carbonyl (C=O) groups is 2. The van der Waals surface area contributed by atoms with Crippen molar-refractivity contribution in [1.29, 1.82) is 0 Å². The Morgan fingerprint density at radius 2 is 1.75 bits per heavy atom. The van der Waals surface area contributed by atoms with E-state index >= 15 is 0 Å². The fraction of sp³-hybridized carbons (Fsp3) is 0.500. The first kappa shape index (κ1) is 26.4. The summed E-state index contributed by atoms with van der Waals surface area (Å²) in [6.07, 6.45) is 1.96. The van der Waals surface area contributed by atoms with Gasteiger partial charge < -0.3 is 19.9 Å². The molecular weight excluding hydrogens is 472 g/mol. The van der Waals surface area contributed by atoms with Gasteiger partial charge in [0.05, 0.1) is 12.3 Å². The molecule has 2 heterocycles. The number of anilines is 1. The van der Waals surface area contributed by atoms with E-state index in [2.05, 4.69) is 30.1 Å².